The topological polar surface area (TPSA) is 150 Å². The predicted molar refractivity (Wildman–Crippen MR) is 137 cm³/mol. The van der Waals surface area contributed by atoms with Gasteiger partial charge in [-0.05, 0) is 17.6 Å². The number of azide groups is 1. The second kappa shape index (κ2) is 13.0. The van der Waals surface area contributed by atoms with E-state index in [1.807, 2.05) is 0 Å². The van der Waals surface area contributed by atoms with Crippen molar-refractivity contribution in [2.45, 2.75) is 82.6 Å². The molecule has 0 bridgehead atoms. The Morgan fingerprint density at radius 2 is 1.74 bits per heavy atom. The number of hydrogen-bond acceptors (Lipinski definition) is 8. The van der Waals surface area contributed by atoms with Gasteiger partial charge >= 0.3 is 5.69 Å². The standard InChI is InChI=1S/C21H39N5O7Si2/c1-34(2,3)11-9-30-14-26-17(28)7-8-25(21(26)29)20-18(23-24-22)19(16(13-27)33-20)32-15-31-10-12-35(4,5)6/h7-8,16,18-20,27H,9-15H2,1-6H3/t16-,18-,19-,20-/m1/s1. The first kappa shape index (κ1) is 29.5. The molecule has 0 aromatic carbocycles. The highest BCUT2D eigenvalue weighted by Crippen LogP contribution is 2.33. The molecule has 0 radical (unpaired) electrons. The third-order valence-electron chi connectivity index (χ3n) is 5.60. The van der Waals surface area contributed by atoms with Gasteiger partial charge in [0, 0.05) is 46.5 Å². The van der Waals surface area contributed by atoms with Crippen molar-refractivity contribution in [1.82, 2.24) is 9.13 Å². The van der Waals surface area contributed by atoms with Crippen LogP contribution in [0.5, 0.6) is 0 Å². The molecular weight excluding hydrogens is 490 g/mol. The molecule has 0 unspecified atom stereocenters. The Morgan fingerprint density at radius 1 is 1.11 bits per heavy atom. The summed E-state index contributed by atoms with van der Waals surface area (Å²) in [5, 5.41) is 13.6. The highest BCUT2D eigenvalue weighted by atomic mass is 28.3. The SMILES string of the molecule is C[Si](C)(C)CCOCO[C@H]1[C@@H](N=[N+]=[N-])[C@H](n2ccc(=O)n(COCC[Si](C)(C)C)c2=O)O[C@@H]1CO. The summed E-state index contributed by atoms with van der Waals surface area (Å²) in [5.74, 6) is 0. The Morgan fingerprint density at radius 3 is 2.31 bits per heavy atom. The van der Waals surface area contributed by atoms with Crippen LogP contribution in [0.3, 0.4) is 0 Å². The second-order valence-electron chi connectivity index (χ2n) is 11.0. The van der Waals surface area contributed by atoms with Gasteiger partial charge in [-0.3, -0.25) is 9.36 Å². The summed E-state index contributed by atoms with van der Waals surface area (Å²) in [6, 6.07) is 2.11. The third-order valence-corrected chi connectivity index (χ3v) is 9.01. The molecule has 1 aromatic heterocycles. The molecule has 1 N–H and O–H groups in total. The van der Waals surface area contributed by atoms with E-state index in [1.165, 1.54) is 16.8 Å². The number of rotatable bonds is 14. The second-order valence-corrected chi connectivity index (χ2v) is 22.3. The van der Waals surface area contributed by atoms with Crippen LogP contribution in [-0.4, -0.2) is 75.3 Å². The molecule has 0 spiro atoms. The van der Waals surface area contributed by atoms with Gasteiger partial charge in [0.25, 0.3) is 5.56 Å². The average molecular weight is 530 g/mol. The van der Waals surface area contributed by atoms with Gasteiger partial charge in [0.15, 0.2) is 0 Å². The lowest BCUT2D eigenvalue weighted by atomic mass is 10.1. The van der Waals surface area contributed by atoms with E-state index in [-0.39, 0.29) is 13.5 Å². The molecule has 2 heterocycles. The van der Waals surface area contributed by atoms with Gasteiger partial charge in [-0.2, -0.15) is 0 Å². The smallest absolute Gasteiger partial charge is 0.335 e. The molecule has 0 aliphatic carbocycles. The Labute approximate surface area is 207 Å². The number of aliphatic hydroxyl groups excluding tert-OH is 1. The van der Waals surface area contributed by atoms with Gasteiger partial charge in [-0.1, -0.05) is 44.4 Å². The van der Waals surface area contributed by atoms with Gasteiger partial charge in [-0.15, -0.1) is 0 Å². The lowest BCUT2D eigenvalue weighted by molar-refractivity contribution is -0.118. The first-order chi connectivity index (χ1) is 16.4. The van der Waals surface area contributed by atoms with Crippen LogP contribution in [0.1, 0.15) is 6.23 Å². The Hall–Kier alpha value is -1.78. The molecule has 2 rings (SSSR count). The van der Waals surface area contributed by atoms with Crippen LogP contribution in [-0.2, 0) is 25.7 Å². The summed E-state index contributed by atoms with van der Waals surface area (Å²) in [4.78, 5) is 28.4. The monoisotopic (exact) mass is 529 g/mol. The number of aliphatic hydroxyl groups is 1. The molecule has 0 amide bonds. The van der Waals surface area contributed by atoms with Crippen LogP contribution in [0, 0.1) is 0 Å². The van der Waals surface area contributed by atoms with Crippen LogP contribution < -0.4 is 11.2 Å². The molecule has 1 fully saturated rings. The van der Waals surface area contributed by atoms with Crippen LogP contribution >= 0.6 is 0 Å². The predicted octanol–water partition coefficient (Wildman–Crippen LogP) is 2.59. The molecule has 14 heteroatoms. The summed E-state index contributed by atoms with van der Waals surface area (Å²) in [6.07, 6.45) is -1.48. The quantitative estimate of drug-likeness (QED) is 0.0971. The number of ether oxygens (including phenoxy) is 4. The molecule has 198 valence electrons. The van der Waals surface area contributed by atoms with Crippen molar-refractivity contribution in [1.29, 1.82) is 0 Å². The molecular formula is C21H39N5O7Si2. The van der Waals surface area contributed by atoms with Crippen molar-refractivity contribution >= 4 is 16.1 Å². The summed E-state index contributed by atoms with van der Waals surface area (Å²) < 4.78 is 24.9. The van der Waals surface area contributed by atoms with Crippen molar-refractivity contribution in [2.75, 3.05) is 26.6 Å². The Balaban J connectivity index is 2.18. The highest BCUT2D eigenvalue weighted by Gasteiger charge is 2.46. The van der Waals surface area contributed by atoms with Crippen molar-refractivity contribution < 1.29 is 24.1 Å². The first-order valence-corrected chi connectivity index (χ1v) is 19.2. The van der Waals surface area contributed by atoms with Gasteiger partial charge in [-0.25, -0.2) is 9.36 Å². The Kier molecular flexibility index (Phi) is 10.9. The fourth-order valence-corrected chi connectivity index (χ4v) is 4.94. The van der Waals surface area contributed by atoms with Crippen molar-refractivity contribution in [3.63, 3.8) is 0 Å². The van der Waals surface area contributed by atoms with Crippen molar-refractivity contribution in [3.05, 3.63) is 43.5 Å². The third kappa shape index (κ3) is 8.99. The van der Waals surface area contributed by atoms with E-state index in [0.717, 1.165) is 16.7 Å². The highest BCUT2D eigenvalue weighted by molar-refractivity contribution is 6.76. The maximum absolute atomic E-state index is 13.1. The van der Waals surface area contributed by atoms with Crippen molar-refractivity contribution in [2.24, 2.45) is 5.11 Å². The first-order valence-electron chi connectivity index (χ1n) is 11.8. The molecule has 1 saturated heterocycles. The van der Waals surface area contributed by atoms with E-state index in [0.29, 0.717) is 13.2 Å². The normalized spacial score (nSPS) is 22.8. The van der Waals surface area contributed by atoms with E-state index in [2.05, 4.69) is 49.3 Å². The molecule has 12 nitrogen and oxygen atoms in total. The largest absolute Gasteiger partial charge is 0.394 e. The summed E-state index contributed by atoms with van der Waals surface area (Å²) in [5.41, 5.74) is 7.96. The number of aromatic nitrogens is 2. The fraction of sp³-hybridized carbons (Fsp3) is 0.810. The maximum atomic E-state index is 13.1. The van der Waals surface area contributed by atoms with E-state index >= 15 is 0 Å². The van der Waals surface area contributed by atoms with Gasteiger partial charge in [0.05, 0.1) is 6.61 Å². The van der Waals surface area contributed by atoms with Gasteiger partial charge in [0.1, 0.15) is 38.0 Å². The van der Waals surface area contributed by atoms with Crippen LogP contribution in [0.4, 0.5) is 0 Å². The van der Waals surface area contributed by atoms with Crippen molar-refractivity contribution in [3.8, 4) is 0 Å². The van der Waals surface area contributed by atoms with E-state index in [4.69, 9.17) is 24.5 Å². The number of nitrogens with zero attached hydrogens (tertiary/aromatic N) is 5. The van der Waals surface area contributed by atoms with E-state index < -0.39 is 58.5 Å². The van der Waals surface area contributed by atoms with Crippen LogP contribution in [0.25, 0.3) is 10.4 Å². The minimum absolute atomic E-state index is 0.0709. The summed E-state index contributed by atoms with van der Waals surface area (Å²) in [6.45, 7) is 13.6. The summed E-state index contributed by atoms with van der Waals surface area (Å²) in [7, 11) is -2.59. The van der Waals surface area contributed by atoms with Gasteiger partial charge in [0.2, 0.25) is 0 Å². The van der Waals surface area contributed by atoms with Crippen LogP contribution in [0.2, 0.25) is 51.4 Å². The van der Waals surface area contributed by atoms with E-state index in [1.54, 1.807) is 0 Å². The maximum Gasteiger partial charge on any atom is 0.335 e. The molecule has 0 saturated carbocycles. The minimum Gasteiger partial charge on any atom is -0.394 e. The van der Waals surface area contributed by atoms with Gasteiger partial charge < -0.3 is 24.1 Å². The van der Waals surface area contributed by atoms with Crippen LogP contribution in [0.15, 0.2) is 27.0 Å². The zero-order valence-corrected chi connectivity index (χ0v) is 23.5. The Bertz CT molecular complexity index is 982. The minimum atomic E-state index is -1.33. The molecule has 4 atom stereocenters. The molecule has 35 heavy (non-hydrogen) atoms. The molecule has 1 aliphatic heterocycles. The lowest BCUT2D eigenvalue weighted by Gasteiger charge is -2.22. The zero-order chi connectivity index (χ0) is 26.2. The fourth-order valence-electron chi connectivity index (χ4n) is 3.43. The molecule has 1 aliphatic rings. The lowest BCUT2D eigenvalue weighted by Crippen LogP contribution is -2.43. The summed E-state index contributed by atoms with van der Waals surface area (Å²) >= 11 is 0. The number of hydrogen-bond donors (Lipinski definition) is 1. The molecule has 1 aromatic rings. The zero-order valence-electron chi connectivity index (χ0n) is 21.5. The average Bonchev–Trinajstić information content (AvgIpc) is 3.09. The van der Waals surface area contributed by atoms with E-state index in [9.17, 15) is 14.7 Å².